The molecule has 0 bridgehead atoms. The van der Waals surface area contributed by atoms with E-state index in [0.717, 1.165) is 31.1 Å². The first kappa shape index (κ1) is 20.7. The van der Waals surface area contributed by atoms with Gasteiger partial charge in [-0.2, -0.15) is 4.31 Å². The third-order valence-electron chi connectivity index (χ3n) is 5.49. The minimum atomic E-state index is -3.83. The van der Waals surface area contributed by atoms with E-state index >= 15 is 0 Å². The molecule has 0 N–H and O–H groups in total. The van der Waals surface area contributed by atoms with Crippen LogP contribution in [-0.4, -0.2) is 36.8 Å². The summed E-state index contributed by atoms with van der Waals surface area (Å²) in [5.41, 5.74) is 2.12. The Bertz CT molecular complexity index is 1070. The van der Waals surface area contributed by atoms with Crippen LogP contribution in [0.4, 0.5) is 4.39 Å². The second-order valence-electron chi connectivity index (χ2n) is 7.66. The standard InChI is InChI=1S/C24H25FN2O2S/c25-22-12-7-13-24(16-22)30(28,29)27(18-21-10-5-2-6-11-21)23-14-15-26(19-23)17-20-8-3-1-4-9-20/h1-13,16,23H,14-15,17-19H2. The van der Waals surface area contributed by atoms with Gasteiger partial charge in [0.15, 0.2) is 0 Å². The van der Waals surface area contributed by atoms with E-state index in [0.29, 0.717) is 6.54 Å². The molecular weight excluding hydrogens is 399 g/mol. The normalized spacial score (nSPS) is 17.5. The second-order valence-corrected chi connectivity index (χ2v) is 9.55. The molecule has 1 aliphatic rings. The molecule has 156 valence electrons. The Morgan fingerprint density at radius 3 is 2.23 bits per heavy atom. The lowest BCUT2D eigenvalue weighted by Gasteiger charge is -2.28. The number of rotatable bonds is 7. The molecule has 0 radical (unpaired) electrons. The first-order valence-corrected chi connectivity index (χ1v) is 11.5. The predicted octanol–water partition coefficient (Wildman–Crippen LogP) is 4.29. The molecule has 4 rings (SSSR count). The van der Waals surface area contributed by atoms with Crippen LogP contribution in [-0.2, 0) is 23.1 Å². The van der Waals surface area contributed by atoms with Gasteiger partial charge in [-0.3, -0.25) is 4.90 Å². The van der Waals surface area contributed by atoms with E-state index in [1.165, 1.54) is 23.8 Å². The summed E-state index contributed by atoms with van der Waals surface area (Å²) in [6.45, 7) is 2.53. The molecule has 0 amide bonds. The Hall–Kier alpha value is -2.54. The van der Waals surface area contributed by atoms with Gasteiger partial charge in [0.2, 0.25) is 10.0 Å². The first-order valence-electron chi connectivity index (χ1n) is 10.1. The number of benzene rings is 3. The van der Waals surface area contributed by atoms with Crippen LogP contribution in [0.1, 0.15) is 17.5 Å². The molecule has 3 aromatic carbocycles. The van der Waals surface area contributed by atoms with Crippen LogP contribution in [0, 0.1) is 5.82 Å². The highest BCUT2D eigenvalue weighted by Crippen LogP contribution is 2.27. The van der Waals surface area contributed by atoms with Crippen molar-refractivity contribution in [1.29, 1.82) is 0 Å². The number of hydrogen-bond acceptors (Lipinski definition) is 3. The van der Waals surface area contributed by atoms with Crippen molar-refractivity contribution >= 4 is 10.0 Å². The molecule has 4 nitrogen and oxygen atoms in total. The molecule has 1 heterocycles. The topological polar surface area (TPSA) is 40.6 Å². The van der Waals surface area contributed by atoms with Crippen molar-refractivity contribution < 1.29 is 12.8 Å². The summed E-state index contributed by atoms with van der Waals surface area (Å²) < 4.78 is 42.3. The number of nitrogens with zero attached hydrogens (tertiary/aromatic N) is 2. The van der Waals surface area contributed by atoms with Crippen LogP contribution >= 0.6 is 0 Å². The van der Waals surface area contributed by atoms with Gasteiger partial charge in [-0.05, 0) is 35.7 Å². The summed E-state index contributed by atoms with van der Waals surface area (Å²) in [4.78, 5) is 2.28. The van der Waals surface area contributed by atoms with Gasteiger partial charge in [-0.15, -0.1) is 0 Å². The van der Waals surface area contributed by atoms with Crippen LogP contribution in [0.15, 0.2) is 89.8 Å². The van der Waals surface area contributed by atoms with E-state index in [-0.39, 0.29) is 17.5 Å². The fraction of sp³-hybridized carbons (Fsp3) is 0.250. The van der Waals surface area contributed by atoms with E-state index in [1.54, 1.807) is 4.31 Å². The second kappa shape index (κ2) is 9.08. The molecule has 3 aromatic rings. The molecule has 1 aliphatic heterocycles. The van der Waals surface area contributed by atoms with Crippen molar-refractivity contribution in [3.05, 3.63) is 102 Å². The first-order chi connectivity index (χ1) is 14.5. The zero-order valence-electron chi connectivity index (χ0n) is 16.7. The molecule has 1 saturated heterocycles. The van der Waals surface area contributed by atoms with Gasteiger partial charge < -0.3 is 0 Å². The summed E-state index contributed by atoms with van der Waals surface area (Å²) in [5.74, 6) is -0.548. The average molecular weight is 425 g/mol. The van der Waals surface area contributed by atoms with Gasteiger partial charge in [0.25, 0.3) is 0 Å². The minimum absolute atomic E-state index is 0.0000551. The fourth-order valence-electron chi connectivity index (χ4n) is 3.97. The Balaban J connectivity index is 1.59. The van der Waals surface area contributed by atoms with Crippen LogP contribution in [0.3, 0.4) is 0 Å². The van der Waals surface area contributed by atoms with Crippen molar-refractivity contribution in [3.8, 4) is 0 Å². The Morgan fingerprint density at radius 1 is 0.900 bits per heavy atom. The molecule has 0 spiro atoms. The Morgan fingerprint density at radius 2 is 1.57 bits per heavy atom. The lowest BCUT2D eigenvalue weighted by atomic mass is 10.2. The van der Waals surface area contributed by atoms with Gasteiger partial charge >= 0.3 is 0 Å². The average Bonchev–Trinajstić information content (AvgIpc) is 3.21. The van der Waals surface area contributed by atoms with Crippen LogP contribution in [0.2, 0.25) is 0 Å². The number of likely N-dealkylation sites (tertiary alicyclic amines) is 1. The third kappa shape index (κ3) is 4.78. The largest absolute Gasteiger partial charge is 0.297 e. The Labute approximate surface area is 177 Å². The molecule has 1 fully saturated rings. The van der Waals surface area contributed by atoms with Crippen molar-refractivity contribution in [1.82, 2.24) is 9.21 Å². The molecular formula is C24H25FN2O2S. The summed E-state index contributed by atoms with van der Waals surface area (Å²) in [6.07, 6.45) is 0.744. The maximum atomic E-state index is 13.8. The minimum Gasteiger partial charge on any atom is -0.297 e. The zero-order chi connectivity index (χ0) is 21.0. The van der Waals surface area contributed by atoms with Crippen LogP contribution in [0.5, 0.6) is 0 Å². The van der Waals surface area contributed by atoms with Crippen molar-refractivity contribution in [2.75, 3.05) is 13.1 Å². The molecule has 30 heavy (non-hydrogen) atoms. The lowest BCUT2D eigenvalue weighted by molar-refractivity contribution is 0.276. The summed E-state index contributed by atoms with van der Waals surface area (Å²) in [6, 6.07) is 24.8. The molecule has 1 atom stereocenters. The van der Waals surface area contributed by atoms with Gasteiger partial charge in [0.05, 0.1) is 4.90 Å². The van der Waals surface area contributed by atoms with E-state index in [2.05, 4.69) is 17.0 Å². The van der Waals surface area contributed by atoms with Crippen LogP contribution in [0.25, 0.3) is 0 Å². The van der Waals surface area contributed by atoms with Gasteiger partial charge in [-0.1, -0.05) is 66.7 Å². The number of halogens is 1. The monoisotopic (exact) mass is 424 g/mol. The van der Waals surface area contributed by atoms with Gasteiger partial charge in [0, 0.05) is 32.2 Å². The lowest BCUT2D eigenvalue weighted by Crippen LogP contribution is -2.41. The van der Waals surface area contributed by atoms with E-state index < -0.39 is 15.8 Å². The maximum absolute atomic E-state index is 13.8. The smallest absolute Gasteiger partial charge is 0.243 e. The van der Waals surface area contributed by atoms with Crippen LogP contribution < -0.4 is 0 Å². The van der Waals surface area contributed by atoms with E-state index in [9.17, 15) is 12.8 Å². The quantitative estimate of drug-likeness (QED) is 0.568. The SMILES string of the molecule is O=S(=O)(c1cccc(F)c1)N(Cc1ccccc1)C1CCN(Cc2ccccc2)C1. The van der Waals surface area contributed by atoms with Gasteiger partial charge in [0.1, 0.15) is 5.82 Å². The Kier molecular flexibility index (Phi) is 6.27. The molecule has 0 saturated carbocycles. The van der Waals surface area contributed by atoms with Crippen molar-refractivity contribution in [2.45, 2.75) is 30.4 Å². The highest BCUT2D eigenvalue weighted by atomic mass is 32.2. The van der Waals surface area contributed by atoms with Gasteiger partial charge in [-0.25, -0.2) is 12.8 Å². The molecule has 0 aromatic heterocycles. The highest BCUT2D eigenvalue weighted by Gasteiger charge is 2.36. The summed E-state index contributed by atoms with van der Waals surface area (Å²) >= 11 is 0. The van der Waals surface area contributed by atoms with Crippen molar-refractivity contribution in [3.63, 3.8) is 0 Å². The zero-order valence-corrected chi connectivity index (χ0v) is 17.5. The molecule has 0 aliphatic carbocycles. The molecule has 1 unspecified atom stereocenters. The highest BCUT2D eigenvalue weighted by molar-refractivity contribution is 7.89. The molecule has 6 heteroatoms. The fourth-order valence-corrected chi connectivity index (χ4v) is 5.64. The summed E-state index contributed by atoms with van der Waals surface area (Å²) in [7, 11) is -3.83. The third-order valence-corrected chi connectivity index (χ3v) is 7.38. The summed E-state index contributed by atoms with van der Waals surface area (Å²) in [5, 5.41) is 0. The predicted molar refractivity (Wildman–Crippen MR) is 116 cm³/mol. The van der Waals surface area contributed by atoms with E-state index in [4.69, 9.17) is 0 Å². The maximum Gasteiger partial charge on any atom is 0.243 e. The number of hydrogen-bond donors (Lipinski definition) is 0. The van der Waals surface area contributed by atoms with Crippen molar-refractivity contribution in [2.24, 2.45) is 0 Å². The van der Waals surface area contributed by atoms with E-state index in [1.807, 2.05) is 48.5 Å². The number of sulfonamides is 1.